The van der Waals surface area contributed by atoms with Gasteiger partial charge in [0.25, 0.3) is 0 Å². The number of carbonyl (C=O) groups excluding carboxylic acids is 1. The number of cyclic esters (lactones) is 1. The highest BCUT2D eigenvalue weighted by Gasteiger charge is 2.52. The summed E-state index contributed by atoms with van der Waals surface area (Å²) in [4.78, 5) is 16.6. The van der Waals surface area contributed by atoms with E-state index in [9.17, 15) is 9.18 Å². The van der Waals surface area contributed by atoms with E-state index < -0.39 is 5.92 Å². The van der Waals surface area contributed by atoms with Gasteiger partial charge in [0.15, 0.2) is 23.0 Å². The summed E-state index contributed by atoms with van der Waals surface area (Å²) in [5, 5.41) is 4.48. The van der Waals surface area contributed by atoms with Crippen molar-refractivity contribution in [2.45, 2.75) is 18.5 Å². The number of benzene rings is 3. The van der Waals surface area contributed by atoms with Crippen LogP contribution >= 0.6 is 0 Å². The van der Waals surface area contributed by atoms with E-state index in [0.29, 0.717) is 35.3 Å². The van der Waals surface area contributed by atoms with Gasteiger partial charge in [-0.3, -0.25) is 4.79 Å². The molecule has 0 radical (unpaired) electrons. The van der Waals surface area contributed by atoms with Crippen LogP contribution in [0.25, 0.3) is 10.9 Å². The Morgan fingerprint density at radius 2 is 1.68 bits per heavy atom. The van der Waals surface area contributed by atoms with Gasteiger partial charge >= 0.3 is 5.97 Å². The molecule has 4 aromatic rings. The predicted molar refractivity (Wildman–Crippen MR) is 146 cm³/mol. The highest BCUT2D eigenvalue weighted by atomic mass is 19.1. The highest BCUT2D eigenvalue weighted by molar-refractivity contribution is 5.83. The Bertz CT molecular complexity index is 1640. The van der Waals surface area contributed by atoms with Gasteiger partial charge in [0, 0.05) is 41.5 Å². The number of hydrogen-bond acceptors (Lipinski definition) is 8. The van der Waals surface area contributed by atoms with Crippen molar-refractivity contribution in [3.63, 3.8) is 0 Å². The maximum atomic E-state index is 14.1. The Hall–Kier alpha value is -4.44. The second kappa shape index (κ2) is 9.88. The maximum absolute atomic E-state index is 14.1. The molecule has 0 bridgehead atoms. The third-order valence-electron chi connectivity index (χ3n) is 8.48. The van der Waals surface area contributed by atoms with E-state index >= 15 is 0 Å². The van der Waals surface area contributed by atoms with E-state index in [1.165, 1.54) is 12.1 Å². The van der Waals surface area contributed by atoms with Crippen molar-refractivity contribution in [3.8, 4) is 28.7 Å². The van der Waals surface area contributed by atoms with Gasteiger partial charge in [-0.2, -0.15) is 0 Å². The van der Waals surface area contributed by atoms with Crippen LogP contribution < -0.4 is 29.0 Å². The zero-order valence-electron chi connectivity index (χ0n) is 22.8. The molecular weight excluding hydrogens is 531 g/mol. The van der Waals surface area contributed by atoms with E-state index in [-0.39, 0.29) is 43.1 Å². The van der Waals surface area contributed by atoms with Crippen LogP contribution in [-0.4, -0.2) is 45.7 Å². The summed E-state index contributed by atoms with van der Waals surface area (Å²) in [6, 6.07) is 12.2. The summed E-state index contributed by atoms with van der Waals surface area (Å²) >= 11 is 0. The van der Waals surface area contributed by atoms with Gasteiger partial charge in [-0.1, -0.05) is 0 Å². The summed E-state index contributed by atoms with van der Waals surface area (Å²) in [6.07, 6.45) is 1.88. The topological polar surface area (TPSA) is 100 Å². The number of fused-ring (bicyclic) bond motifs is 4. The number of rotatable bonds is 7. The molecule has 212 valence electrons. The molecule has 2 N–H and O–H groups in total. The maximum Gasteiger partial charge on any atom is 0.310 e. The standard InChI is InChI=1S/C31H29FN2O7/c1-36-25-6-15(7-26(37-2)30(25)38-3)27-19-9-23-24(41-14-40-23)10-20(19)29(21-13-39-31(35)28(21)27)34-12-16-11-33-22-5-4-17(32)8-18(16)22/h4-11,21,27-29,33-34H,12-14H2,1-3H3/t21-,27+,28-,29+/m0/s1. The quantitative estimate of drug-likeness (QED) is 0.310. The second-order valence-electron chi connectivity index (χ2n) is 10.5. The summed E-state index contributed by atoms with van der Waals surface area (Å²) in [6.45, 7) is 0.841. The molecule has 4 atom stereocenters. The number of aromatic amines is 1. The minimum atomic E-state index is -0.483. The minimum absolute atomic E-state index is 0.126. The first-order valence-corrected chi connectivity index (χ1v) is 13.4. The lowest BCUT2D eigenvalue weighted by Gasteiger charge is -2.39. The van der Waals surface area contributed by atoms with Crippen LogP contribution in [0.4, 0.5) is 4.39 Å². The fraction of sp³-hybridized carbons (Fsp3) is 0.323. The first kappa shape index (κ1) is 25.5. The third kappa shape index (κ3) is 4.04. The lowest BCUT2D eigenvalue weighted by atomic mass is 9.65. The van der Waals surface area contributed by atoms with E-state index in [2.05, 4.69) is 10.3 Å². The zero-order chi connectivity index (χ0) is 28.2. The molecule has 0 amide bonds. The van der Waals surface area contributed by atoms with Crippen LogP contribution in [0.1, 0.15) is 34.2 Å². The first-order valence-electron chi connectivity index (χ1n) is 13.4. The largest absolute Gasteiger partial charge is 0.493 e. The normalized spacial score (nSPS) is 22.3. The van der Waals surface area contributed by atoms with Crippen LogP contribution in [0.15, 0.2) is 48.7 Å². The number of H-pyrrole nitrogens is 1. The fourth-order valence-corrected chi connectivity index (χ4v) is 6.62. The van der Waals surface area contributed by atoms with Crippen molar-refractivity contribution in [2.75, 3.05) is 34.7 Å². The van der Waals surface area contributed by atoms with Crippen molar-refractivity contribution in [1.82, 2.24) is 10.3 Å². The Balaban J connectivity index is 1.35. The molecule has 1 saturated heterocycles. The number of methoxy groups -OCH3 is 3. The molecule has 3 aliphatic rings. The van der Waals surface area contributed by atoms with Crippen molar-refractivity contribution in [2.24, 2.45) is 11.8 Å². The average Bonchev–Trinajstić information content (AvgIpc) is 3.72. The molecule has 3 heterocycles. The zero-order valence-corrected chi connectivity index (χ0v) is 22.8. The van der Waals surface area contributed by atoms with E-state index in [0.717, 1.165) is 33.2 Å². The number of nitrogens with one attached hydrogen (secondary N) is 2. The van der Waals surface area contributed by atoms with Crippen LogP contribution in [0, 0.1) is 17.7 Å². The minimum Gasteiger partial charge on any atom is -0.493 e. The second-order valence-corrected chi connectivity index (χ2v) is 10.5. The van der Waals surface area contributed by atoms with Crippen molar-refractivity contribution < 1.29 is 37.6 Å². The molecule has 41 heavy (non-hydrogen) atoms. The van der Waals surface area contributed by atoms with Crippen molar-refractivity contribution >= 4 is 16.9 Å². The summed E-state index contributed by atoms with van der Waals surface area (Å²) < 4.78 is 48.1. The number of hydrogen-bond donors (Lipinski definition) is 2. The number of esters is 1. The average molecular weight is 561 g/mol. The fourth-order valence-electron chi connectivity index (χ4n) is 6.62. The summed E-state index contributed by atoms with van der Waals surface area (Å²) in [5.74, 6) is 1.15. The van der Waals surface area contributed by atoms with Crippen LogP contribution in [-0.2, 0) is 16.1 Å². The number of aromatic nitrogens is 1. The molecule has 1 aromatic heterocycles. The van der Waals surface area contributed by atoms with Crippen LogP contribution in [0.3, 0.4) is 0 Å². The monoisotopic (exact) mass is 560 g/mol. The first-order chi connectivity index (χ1) is 20.0. The molecule has 3 aromatic carbocycles. The molecule has 9 nitrogen and oxygen atoms in total. The lowest BCUT2D eigenvalue weighted by molar-refractivity contribution is -0.141. The van der Waals surface area contributed by atoms with Crippen LogP contribution in [0.2, 0.25) is 0 Å². The van der Waals surface area contributed by atoms with Gasteiger partial charge in [0.1, 0.15) is 5.82 Å². The molecule has 0 unspecified atom stereocenters. The Morgan fingerprint density at radius 3 is 2.39 bits per heavy atom. The predicted octanol–water partition coefficient (Wildman–Crippen LogP) is 4.83. The highest BCUT2D eigenvalue weighted by Crippen LogP contribution is 2.55. The molecule has 1 aliphatic carbocycles. The summed E-state index contributed by atoms with van der Waals surface area (Å²) in [5.41, 5.74) is 4.52. The number of ether oxygens (including phenoxy) is 6. The smallest absolute Gasteiger partial charge is 0.310 e. The summed E-state index contributed by atoms with van der Waals surface area (Å²) in [7, 11) is 4.69. The Labute approximate surface area is 235 Å². The molecular formula is C31H29FN2O7. The van der Waals surface area contributed by atoms with Gasteiger partial charge in [-0.25, -0.2) is 4.39 Å². The number of carbonyl (C=O) groups is 1. The van der Waals surface area contributed by atoms with E-state index in [1.807, 2.05) is 30.5 Å². The van der Waals surface area contributed by atoms with Crippen molar-refractivity contribution in [3.05, 3.63) is 76.7 Å². The Kier molecular flexibility index (Phi) is 6.15. The van der Waals surface area contributed by atoms with Crippen molar-refractivity contribution in [1.29, 1.82) is 0 Å². The van der Waals surface area contributed by atoms with Gasteiger partial charge in [-0.15, -0.1) is 0 Å². The van der Waals surface area contributed by atoms with Gasteiger partial charge < -0.3 is 38.7 Å². The Morgan fingerprint density at radius 1 is 0.951 bits per heavy atom. The van der Waals surface area contributed by atoms with Crippen LogP contribution in [0.5, 0.6) is 28.7 Å². The van der Waals surface area contributed by atoms with E-state index in [1.54, 1.807) is 27.4 Å². The molecule has 7 rings (SSSR count). The molecule has 0 spiro atoms. The number of halogens is 1. The molecule has 2 aliphatic heterocycles. The SMILES string of the molecule is COc1cc([C@@H]2c3cc4c(cc3[C@@H](NCc3c[nH]c5ccc(F)cc35)[C@H]3COC(=O)[C@H]23)OCO4)cc(OC)c1OC. The molecule has 10 heteroatoms. The van der Waals surface area contributed by atoms with Gasteiger partial charge in [-0.05, 0) is 64.7 Å². The van der Waals surface area contributed by atoms with Gasteiger partial charge in [0.2, 0.25) is 12.5 Å². The molecule has 1 fully saturated rings. The third-order valence-corrected chi connectivity index (χ3v) is 8.48. The van der Waals surface area contributed by atoms with Gasteiger partial charge in [0.05, 0.1) is 33.9 Å². The lowest BCUT2D eigenvalue weighted by Crippen LogP contribution is -2.40. The van der Waals surface area contributed by atoms with E-state index in [4.69, 9.17) is 28.4 Å². The molecule has 0 saturated carbocycles.